The van der Waals surface area contributed by atoms with Gasteiger partial charge in [0.05, 0.1) is 5.75 Å². The van der Waals surface area contributed by atoms with E-state index in [0.717, 1.165) is 5.56 Å². The van der Waals surface area contributed by atoms with Gasteiger partial charge in [0.1, 0.15) is 0 Å². The number of amides is 2. The number of sulfonamides is 1. The third-order valence-electron chi connectivity index (χ3n) is 3.94. The number of carbonyl (C=O) groups excluding carboxylic acids is 1. The Morgan fingerprint density at radius 3 is 2.48 bits per heavy atom. The third-order valence-corrected chi connectivity index (χ3v) is 6.02. The van der Waals surface area contributed by atoms with Crippen molar-refractivity contribution in [3.63, 3.8) is 0 Å². The summed E-state index contributed by atoms with van der Waals surface area (Å²) in [5.74, 6) is 0.197. The van der Waals surface area contributed by atoms with E-state index < -0.39 is 10.0 Å². The van der Waals surface area contributed by atoms with Gasteiger partial charge in [-0.3, -0.25) is 0 Å². The van der Waals surface area contributed by atoms with E-state index in [2.05, 4.69) is 10.6 Å². The third kappa shape index (κ3) is 5.51. The molecule has 6 nitrogen and oxygen atoms in total. The number of nitrogens with one attached hydrogen (secondary N) is 2. The smallest absolute Gasteiger partial charge is 0.315 e. The van der Waals surface area contributed by atoms with Gasteiger partial charge in [-0.1, -0.05) is 37.3 Å². The van der Waals surface area contributed by atoms with Crippen LogP contribution in [0.15, 0.2) is 30.3 Å². The molecule has 1 aliphatic rings. The van der Waals surface area contributed by atoms with Crippen LogP contribution in [0.25, 0.3) is 0 Å². The van der Waals surface area contributed by atoms with Crippen molar-refractivity contribution in [2.24, 2.45) is 0 Å². The molecule has 1 saturated heterocycles. The lowest BCUT2D eigenvalue weighted by Crippen LogP contribution is -2.49. The Bertz CT molecular complexity index is 596. The van der Waals surface area contributed by atoms with Crippen LogP contribution in [-0.2, 0) is 16.6 Å². The molecule has 1 fully saturated rings. The van der Waals surface area contributed by atoms with Gasteiger partial charge in [-0.2, -0.15) is 0 Å². The van der Waals surface area contributed by atoms with Crippen molar-refractivity contribution in [1.29, 1.82) is 0 Å². The molecule has 0 unspecified atom stereocenters. The molecule has 1 aliphatic heterocycles. The highest BCUT2D eigenvalue weighted by atomic mass is 32.2. The van der Waals surface area contributed by atoms with E-state index in [1.807, 2.05) is 37.3 Å². The van der Waals surface area contributed by atoms with Gasteiger partial charge in [0.25, 0.3) is 0 Å². The van der Waals surface area contributed by atoms with Crippen LogP contribution in [0.4, 0.5) is 4.79 Å². The van der Waals surface area contributed by atoms with Crippen LogP contribution < -0.4 is 10.6 Å². The fourth-order valence-electron chi connectivity index (χ4n) is 2.68. The summed E-state index contributed by atoms with van der Waals surface area (Å²) >= 11 is 0. The minimum absolute atomic E-state index is 0.0267. The molecule has 1 aromatic carbocycles. The Morgan fingerprint density at radius 1 is 1.22 bits per heavy atom. The molecule has 0 aromatic heterocycles. The van der Waals surface area contributed by atoms with Gasteiger partial charge in [-0.25, -0.2) is 17.5 Å². The first-order chi connectivity index (χ1) is 11.0. The van der Waals surface area contributed by atoms with E-state index in [1.54, 1.807) is 0 Å². The van der Waals surface area contributed by atoms with E-state index in [9.17, 15) is 13.2 Å². The highest BCUT2D eigenvalue weighted by Crippen LogP contribution is 2.15. The molecule has 0 bridgehead atoms. The molecule has 23 heavy (non-hydrogen) atoms. The fourth-order valence-corrected chi connectivity index (χ4v) is 4.22. The lowest BCUT2D eigenvalue weighted by Gasteiger charge is -2.31. The van der Waals surface area contributed by atoms with Crippen molar-refractivity contribution in [3.05, 3.63) is 35.9 Å². The maximum absolute atomic E-state index is 12.0. The van der Waals surface area contributed by atoms with Crippen molar-refractivity contribution in [2.45, 2.75) is 38.8 Å². The van der Waals surface area contributed by atoms with Crippen molar-refractivity contribution in [3.8, 4) is 0 Å². The molecular formula is C16H25N3O3S. The normalized spacial score (nSPS) is 16.9. The van der Waals surface area contributed by atoms with E-state index >= 15 is 0 Å². The highest BCUT2D eigenvalue weighted by molar-refractivity contribution is 7.89. The van der Waals surface area contributed by atoms with Gasteiger partial charge in [0, 0.05) is 25.7 Å². The Kier molecular flexibility index (Phi) is 6.41. The number of carbonyl (C=O) groups is 1. The Balaban J connectivity index is 1.72. The number of nitrogens with zero attached hydrogens (tertiary/aromatic N) is 1. The van der Waals surface area contributed by atoms with Crippen LogP contribution in [0.3, 0.4) is 0 Å². The molecule has 0 aliphatic carbocycles. The zero-order valence-electron chi connectivity index (χ0n) is 13.5. The second-order valence-electron chi connectivity index (χ2n) is 5.80. The molecule has 2 N–H and O–H groups in total. The second-order valence-corrected chi connectivity index (χ2v) is 7.89. The van der Waals surface area contributed by atoms with E-state index in [4.69, 9.17) is 0 Å². The predicted octanol–water partition coefficient (Wildman–Crippen LogP) is 1.69. The van der Waals surface area contributed by atoms with E-state index in [-0.39, 0.29) is 17.8 Å². The van der Waals surface area contributed by atoms with Crippen LogP contribution in [0.5, 0.6) is 0 Å². The zero-order valence-corrected chi connectivity index (χ0v) is 14.3. The molecule has 7 heteroatoms. The molecule has 0 spiro atoms. The molecular weight excluding hydrogens is 314 g/mol. The minimum atomic E-state index is -3.13. The van der Waals surface area contributed by atoms with Crippen molar-refractivity contribution in [1.82, 2.24) is 14.9 Å². The molecule has 1 aromatic rings. The maximum Gasteiger partial charge on any atom is 0.315 e. The lowest BCUT2D eigenvalue weighted by atomic mass is 10.1. The molecule has 0 saturated carbocycles. The molecule has 1 heterocycles. The number of benzene rings is 1. The van der Waals surface area contributed by atoms with Gasteiger partial charge < -0.3 is 10.6 Å². The summed E-state index contributed by atoms with van der Waals surface area (Å²) in [5, 5.41) is 5.75. The summed E-state index contributed by atoms with van der Waals surface area (Å²) in [5.41, 5.74) is 1.04. The van der Waals surface area contributed by atoms with Gasteiger partial charge in [0.15, 0.2) is 0 Å². The Labute approximate surface area is 138 Å². The molecule has 0 radical (unpaired) electrons. The zero-order chi connectivity index (χ0) is 16.7. The van der Waals surface area contributed by atoms with Gasteiger partial charge in [-0.05, 0) is 24.8 Å². The predicted molar refractivity (Wildman–Crippen MR) is 90.5 cm³/mol. The topological polar surface area (TPSA) is 78.5 Å². The SMILES string of the molecule is CCCS(=O)(=O)N1CCC(NC(=O)NCc2ccccc2)CC1. The summed E-state index contributed by atoms with van der Waals surface area (Å²) in [7, 11) is -3.13. The fraction of sp³-hybridized carbons (Fsp3) is 0.562. The molecule has 2 amide bonds. The Hall–Kier alpha value is -1.60. The maximum atomic E-state index is 12.0. The quantitative estimate of drug-likeness (QED) is 0.828. The number of rotatable bonds is 6. The number of hydrogen-bond acceptors (Lipinski definition) is 3. The van der Waals surface area contributed by atoms with Gasteiger partial charge >= 0.3 is 6.03 Å². The van der Waals surface area contributed by atoms with Crippen molar-refractivity contribution < 1.29 is 13.2 Å². The molecule has 128 valence electrons. The largest absolute Gasteiger partial charge is 0.335 e. The number of urea groups is 1. The summed E-state index contributed by atoms with van der Waals surface area (Å²) in [4.78, 5) is 11.9. The summed E-state index contributed by atoms with van der Waals surface area (Å²) in [6.45, 7) is 3.30. The van der Waals surface area contributed by atoms with Crippen molar-refractivity contribution in [2.75, 3.05) is 18.8 Å². The first-order valence-electron chi connectivity index (χ1n) is 8.07. The van der Waals surface area contributed by atoms with Crippen LogP contribution in [0, 0.1) is 0 Å². The van der Waals surface area contributed by atoms with Crippen LogP contribution in [0.2, 0.25) is 0 Å². The van der Waals surface area contributed by atoms with Crippen LogP contribution in [0.1, 0.15) is 31.7 Å². The van der Waals surface area contributed by atoms with Crippen molar-refractivity contribution >= 4 is 16.1 Å². The summed E-state index contributed by atoms with van der Waals surface area (Å²) in [6, 6.07) is 9.53. The lowest BCUT2D eigenvalue weighted by molar-refractivity contribution is 0.227. The second kappa shape index (κ2) is 8.31. The van der Waals surface area contributed by atoms with E-state index in [1.165, 1.54) is 4.31 Å². The average Bonchev–Trinajstić information content (AvgIpc) is 2.54. The standard InChI is InChI=1S/C16H25N3O3S/c1-2-12-23(21,22)19-10-8-15(9-11-19)18-16(20)17-13-14-6-4-3-5-7-14/h3-7,15H,2,8-13H2,1H3,(H2,17,18,20). The summed E-state index contributed by atoms with van der Waals surface area (Å²) in [6.07, 6.45) is 1.94. The monoisotopic (exact) mass is 339 g/mol. The first kappa shape index (κ1) is 17.7. The van der Waals surface area contributed by atoms with Gasteiger partial charge in [-0.15, -0.1) is 0 Å². The van der Waals surface area contributed by atoms with Gasteiger partial charge in [0.2, 0.25) is 10.0 Å². The van der Waals surface area contributed by atoms with E-state index in [0.29, 0.717) is 38.9 Å². The average molecular weight is 339 g/mol. The summed E-state index contributed by atoms with van der Waals surface area (Å²) < 4.78 is 25.5. The first-order valence-corrected chi connectivity index (χ1v) is 9.68. The minimum Gasteiger partial charge on any atom is -0.335 e. The number of hydrogen-bond donors (Lipinski definition) is 2. The van der Waals surface area contributed by atoms with Crippen LogP contribution in [-0.4, -0.2) is 43.6 Å². The molecule has 0 atom stereocenters. The Morgan fingerprint density at radius 2 is 1.87 bits per heavy atom. The molecule has 2 rings (SSSR count). The van der Waals surface area contributed by atoms with Crippen LogP contribution >= 0.6 is 0 Å². The highest BCUT2D eigenvalue weighted by Gasteiger charge is 2.27. The number of piperidine rings is 1.